The molecule has 0 radical (unpaired) electrons. The number of alkyl halides is 3. The number of benzene rings is 1. The average Bonchev–Trinajstić information content (AvgIpc) is 2.46. The molecule has 0 bridgehead atoms. The summed E-state index contributed by atoms with van der Waals surface area (Å²) in [6.45, 7) is 3.80. The zero-order valence-corrected chi connectivity index (χ0v) is 11.9. The van der Waals surface area contributed by atoms with Gasteiger partial charge in [-0.15, -0.1) is 0 Å². The molecule has 0 amide bonds. The van der Waals surface area contributed by atoms with Crippen LogP contribution in [0.3, 0.4) is 0 Å². The van der Waals surface area contributed by atoms with Crippen LogP contribution < -0.4 is 5.32 Å². The van der Waals surface area contributed by atoms with Crippen LogP contribution in [0.5, 0.6) is 0 Å². The molecule has 1 aromatic rings. The first kappa shape index (κ1) is 15.3. The Hall–Kier alpha value is -1.07. The smallest absolute Gasteiger partial charge is 0.316 e. The van der Waals surface area contributed by atoms with E-state index in [4.69, 9.17) is 0 Å². The molecule has 1 aliphatic rings. The van der Waals surface area contributed by atoms with Crippen molar-refractivity contribution in [3.05, 3.63) is 35.4 Å². The minimum atomic E-state index is -4.27. The Morgan fingerprint density at radius 3 is 2.75 bits per heavy atom. The molecule has 2 unspecified atom stereocenters. The summed E-state index contributed by atoms with van der Waals surface area (Å²) in [5.41, 5.74) is 0.167. The molecule has 0 spiro atoms. The van der Waals surface area contributed by atoms with Crippen LogP contribution in [-0.4, -0.2) is 31.1 Å². The second-order valence-corrected chi connectivity index (χ2v) is 5.42. The molecule has 0 aliphatic carbocycles. The van der Waals surface area contributed by atoms with Gasteiger partial charge in [-0.25, -0.2) is 0 Å². The number of nitrogens with zero attached hydrogens (tertiary/aromatic N) is 1. The minimum absolute atomic E-state index is 0.00782. The van der Waals surface area contributed by atoms with E-state index in [2.05, 4.69) is 10.2 Å². The fourth-order valence-corrected chi connectivity index (χ4v) is 2.78. The van der Waals surface area contributed by atoms with Crippen molar-refractivity contribution in [3.8, 4) is 0 Å². The number of nitrogens with one attached hydrogen (secondary N) is 1. The number of rotatable bonds is 3. The Bertz CT molecular complexity index is 445. The summed E-state index contributed by atoms with van der Waals surface area (Å²) in [6.07, 6.45) is -2.07. The van der Waals surface area contributed by atoms with E-state index in [1.807, 2.05) is 14.0 Å². The van der Waals surface area contributed by atoms with Crippen LogP contribution in [0.4, 0.5) is 13.2 Å². The van der Waals surface area contributed by atoms with Gasteiger partial charge in [0.05, 0.1) is 5.56 Å². The van der Waals surface area contributed by atoms with Gasteiger partial charge in [-0.1, -0.05) is 12.1 Å². The van der Waals surface area contributed by atoms with Gasteiger partial charge in [0, 0.05) is 18.6 Å². The molecule has 2 atom stereocenters. The van der Waals surface area contributed by atoms with Gasteiger partial charge in [-0.3, -0.25) is 4.90 Å². The number of halogens is 3. The number of likely N-dealkylation sites (N-methyl/N-ethyl adjacent to an activating group) is 1. The maximum absolute atomic E-state index is 12.8. The quantitative estimate of drug-likeness (QED) is 0.915. The van der Waals surface area contributed by atoms with E-state index in [1.54, 1.807) is 6.07 Å². The molecule has 112 valence electrons. The Labute approximate surface area is 118 Å². The van der Waals surface area contributed by atoms with Gasteiger partial charge < -0.3 is 5.32 Å². The molecule has 5 heteroatoms. The standard InChI is InChI=1S/C15H21F3N2/c1-11(20-8-4-7-14(10-20)19-2)12-5-3-6-13(9-12)15(16,17)18/h3,5-6,9,11,14,19H,4,7-8,10H2,1-2H3. The molecule has 20 heavy (non-hydrogen) atoms. The topological polar surface area (TPSA) is 15.3 Å². The fourth-order valence-electron chi connectivity index (χ4n) is 2.78. The van der Waals surface area contributed by atoms with Crippen molar-refractivity contribution in [3.63, 3.8) is 0 Å². The largest absolute Gasteiger partial charge is 0.416 e. The van der Waals surface area contributed by atoms with Crippen LogP contribution in [0.25, 0.3) is 0 Å². The highest BCUT2D eigenvalue weighted by Crippen LogP contribution is 2.32. The van der Waals surface area contributed by atoms with Gasteiger partial charge in [-0.2, -0.15) is 13.2 Å². The molecule has 2 nitrogen and oxygen atoms in total. The highest BCUT2D eigenvalue weighted by Gasteiger charge is 2.31. The van der Waals surface area contributed by atoms with E-state index >= 15 is 0 Å². The SMILES string of the molecule is CNC1CCCN(C(C)c2cccc(C(F)(F)F)c2)C1. The highest BCUT2D eigenvalue weighted by atomic mass is 19.4. The zero-order valence-electron chi connectivity index (χ0n) is 11.9. The van der Waals surface area contributed by atoms with E-state index in [0.717, 1.165) is 37.6 Å². The van der Waals surface area contributed by atoms with E-state index in [0.29, 0.717) is 6.04 Å². The van der Waals surface area contributed by atoms with Crippen LogP contribution >= 0.6 is 0 Å². The molecule has 1 aliphatic heterocycles. The summed E-state index contributed by atoms with van der Waals surface area (Å²) < 4.78 is 38.3. The van der Waals surface area contributed by atoms with Crippen LogP contribution in [-0.2, 0) is 6.18 Å². The molecule has 1 heterocycles. The lowest BCUT2D eigenvalue weighted by Gasteiger charge is -2.37. The normalized spacial score (nSPS) is 22.8. The zero-order chi connectivity index (χ0) is 14.8. The number of piperidine rings is 1. The van der Waals surface area contributed by atoms with Crippen molar-refractivity contribution in [1.82, 2.24) is 10.2 Å². The van der Waals surface area contributed by atoms with Gasteiger partial charge in [-0.05, 0) is 51.1 Å². The van der Waals surface area contributed by atoms with Crippen LogP contribution in [0.1, 0.15) is 36.9 Å². The van der Waals surface area contributed by atoms with E-state index in [1.165, 1.54) is 12.1 Å². The van der Waals surface area contributed by atoms with Crippen molar-refractivity contribution in [2.75, 3.05) is 20.1 Å². The van der Waals surface area contributed by atoms with Crippen molar-refractivity contribution >= 4 is 0 Å². The summed E-state index contributed by atoms with van der Waals surface area (Å²) in [5.74, 6) is 0. The second-order valence-electron chi connectivity index (χ2n) is 5.42. The molecule has 1 saturated heterocycles. The number of hydrogen-bond donors (Lipinski definition) is 1. The third-order valence-corrected chi connectivity index (χ3v) is 4.11. The van der Waals surface area contributed by atoms with Gasteiger partial charge in [0.15, 0.2) is 0 Å². The average molecular weight is 286 g/mol. The highest BCUT2D eigenvalue weighted by molar-refractivity contribution is 5.27. The van der Waals surface area contributed by atoms with Crippen LogP contribution in [0.2, 0.25) is 0 Å². The first-order chi connectivity index (χ1) is 9.41. The summed E-state index contributed by atoms with van der Waals surface area (Å²) in [5, 5.41) is 3.25. The molecular weight excluding hydrogens is 265 g/mol. The number of likely N-dealkylation sites (tertiary alicyclic amines) is 1. The summed E-state index contributed by atoms with van der Waals surface area (Å²) in [4.78, 5) is 2.25. The molecule has 1 N–H and O–H groups in total. The van der Waals surface area contributed by atoms with Crippen molar-refractivity contribution in [1.29, 1.82) is 0 Å². The molecule has 0 saturated carbocycles. The summed E-state index contributed by atoms with van der Waals surface area (Å²) in [7, 11) is 1.93. The summed E-state index contributed by atoms with van der Waals surface area (Å²) >= 11 is 0. The first-order valence-electron chi connectivity index (χ1n) is 7.00. The summed E-state index contributed by atoms with van der Waals surface area (Å²) in [6, 6.07) is 6.11. The third kappa shape index (κ3) is 3.52. The lowest BCUT2D eigenvalue weighted by molar-refractivity contribution is -0.137. The Morgan fingerprint density at radius 2 is 2.10 bits per heavy atom. The maximum atomic E-state index is 12.8. The minimum Gasteiger partial charge on any atom is -0.316 e. The van der Waals surface area contributed by atoms with Crippen molar-refractivity contribution in [2.24, 2.45) is 0 Å². The molecule has 1 aromatic carbocycles. The number of hydrogen-bond acceptors (Lipinski definition) is 2. The predicted molar refractivity (Wildman–Crippen MR) is 73.5 cm³/mol. The van der Waals surface area contributed by atoms with Crippen LogP contribution in [0, 0.1) is 0 Å². The third-order valence-electron chi connectivity index (χ3n) is 4.11. The maximum Gasteiger partial charge on any atom is 0.416 e. The van der Waals surface area contributed by atoms with Crippen molar-refractivity contribution < 1.29 is 13.2 Å². The van der Waals surface area contributed by atoms with Gasteiger partial charge >= 0.3 is 6.18 Å². The van der Waals surface area contributed by atoms with Gasteiger partial charge in [0.25, 0.3) is 0 Å². The van der Waals surface area contributed by atoms with E-state index in [-0.39, 0.29) is 6.04 Å². The fraction of sp³-hybridized carbons (Fsp3) is 0.600. The Balaban J connectivity index is 2.14. The first-order valence-corrected chi connectivity index (χ1v) is 7.00. The van der Waals surface area contributed by atoms with Gasteiger partial charge in [0.1, 0.15) is 0 Å². The molecular formula is C15H21F3N2. The predicted octanol–water partition coefficient (Wildman–Crippen LogP) is 3.45. The Morgan fingerprint density at radius 1 is 1.35 bits per heavy atom. The Kier molecular flexibility index (Phi) is 4.70. The molecule has 2 rings (SSSR count). The molecule has 1 fully saturated rings. The van der Waals surface area contributed by atoms with Crippen LogP contribution in [0.15, 0.2) is 24.3 Å². The lowest BCUT2D eigenvalue weighted by Crippen LogP contribution is -2.45. The van der Waals surface area contributed by atoms with E-state index in [9.17, 15) is 13.2 Å². The van der Waals surface area contributed by atoms with Gasteiger partial charge in [0.2, 0.25) is 0 Å². The monoisotopic (exact) mass is 286 g/mol. The van der Waals surface area contributed by atoms with Crippen molar-refractivity contribution in [2.45, 2.75) is 38.0 Å². The van der Waals surface area contributed by atoms with E-state index < -0.39 is 11.7 Å². The second kappa shape index (κ2) is 6.14. The lowest BCUT2D eigenvalue weighted by atomic mass is 9.99. The molecule has 0 aromatic heterocycles.